The second-order valence-electron chi connectivity index (χ2n) is 2.99. The first kappa shape index (κ1) is 12.1. The lowest BCUT2D eigenvalue weighted by Gasteiger charge is -2.09. The van der Waals surface area contributed by atoms with E-state index in [2.05, 4.69) is 4.84 Å². The van der Waals surface area contributed by atoms with Crippen LogP contribution in [-0.4, -0.2) is 22.2 Å². The van der Waals surface area contributed by atoms with E-state index in [1.165, 1.54) is 12.1 Å². The van der Waals surface area contributed by atoms with Gasteiger partial charge in [0, 0.05) is 0 Å². The van der Waals surface area contributed by atoms with E-state index >= 15 is 0 Å². The number of aliphatic carboxylic acids is 1. The Morgan fingerprint density at radius 1 is 1.53 bits per heavy atom. The lowest BCUT2D eigenvalue weighted by Crippen LogP contribution is -2.32. The summed E-state index contributed by atoms with van der Waals surface area (Å²) < 4.78 is 0. The van der Waals surface area contributed by atoms with Gasteiger partial charge in [-0.2, -0.15) is 0 Å². The Bertz CT molecular complexity index is 370. The van der Waals surface area contributed by atoms with Crippen LogP contribution < -0.4 is 4.84 Å². The van der Waals surface area contributed by atoms with Crippen molar-refractivity contribution in [1.82, 2.24) is 4.84 Å². The van der Waals surface area contributed by atoms with Crippen molar-refractivity contribution in [2.45, 2.75) is 12.5 Å². The molecule has 0 aliphatic carbocycles. The Balaban J connectivity index is 2.80. The van der Waals surface area contributed by atoms with Crippen LogP contribution in [0, 0.1) is 0 Å². The zero-order valence-corrected chi connectivity index (χ0v) is 9.09. The molecule has 3 N–H and O–H groups in total. The average Bonchev–Trinajstić information content (AvgIpc) is 2.19. The van der Waals surface area contributed by atoms with Crippen LogP contribution in [0.2, 0.25) is 5.02 Å². The van der Waals surface area contributed by atoms with Gasteiger partial charge >= 0.3 is 5.97 Å². The van der Waals surface area contributed by atoms with Gasteiger partial charge in [-0.05, 0) is 35.9 Å². The van der Waals surface area contributed by atoms with Crippen LogP contribution in [-0.2, 0) is 11.2 Å². The average molecular weight is 250 g/mol. The number of aromatic hydroxyl groups is 1. The quantitative estimate of drug-likeness (QED) is 0.712. The Labute approximate surface area is 96.5 Å². The minimum Gasteiger partial charge on any atom is -0.506 e. The molecule has 1 unspecified atom stereocenters. The molecule has 0 aliphatic heterocycles. The highest BCUT2D eigenvalue weighted by Crippen LogP contribution is 2.24. The van der Waals surface area contributed by atoms with Crippen molar-refractivity contribution in [2.75, 3.05) is 0 Å². The van der Waals surface area contributed by atoms with Crippen LogP contribution in [0.5, 0.6) is 5.75 Å². The summed E-state index contributed by atoms with van der Waals surface area (Å²) in [6, 6.07) is 3.62. The van der Waals surface area contributed by atoms with Gasteiger partial charge in [-0.25, -0.2) is 4.84 Å². The Morgan fingerprint density at radius 3 is 2.67 bits per heavy atom. The number of hydrogen-bond acceptors (Lipinski definition) is 3. The number of benzene rings is 1. The molecule has 0 amide bonds. The molecule has 1 atom stereocenters. The number of halogens is 2. The summed E-state index contributed by atoms with van der Waals surface area (Å²) in [7, 11) is 0. The molecule has 0 aliphatic rings. The highest BCUT2D eigenvalue weighted by Gasteiger charge is 2.16. The molecule has 0 saturated carbocycles. The van der Waals surface area contributed by atoms with Crippen molar-refractivity contribution < 1.29 is 15.0 Å². The minimum absolute atomic E-state index is 0.0360. The third-order valence-corrected chi connectivity index (χ3v) is 2.45. The molecule has 1 rings (SSSR count). The van der Waals surface area contributed by atoms with Crippen molar-refractivity contribution in [3.05, 3.63) is 28.8 Å². The van der Waals surface area contributed by atoms with Gasteiger partial charge in [0.15, 0.2) is 0 Å². The van der Waals surface area contributed by atoms with E-state index in [-0.39, 0.29) is 17.2 Å². The lowest BCUT2D eigenvalue weighted by atomic mass is 10.1. The summed E-state index contributed by atoms with van der Waals surface area (Å²) in [6.07, 6.45) is 0.193. The molecular formula is C9H9Cl2NO3. The number of nitrogens with one attached hydrogen (secondary N) is 1. The third kappa shape index (κ3) is 3.27. The van der Waals surface area contributed by atoms with E-state index in [4.69, 9.17) is 33.6 Å². The number of rotatable bonds is 4. The van der Waals surface area contributed by atoms with Gasteiger partial charge in [-0.15, -0.1) is 0 Å². The summed E-state index contributed by atoms with van der Waals surface area (Å²) in [4.78, 5) is 12.8. The second-order valence-corrected chi connectivity index (χ2v) is 3.62. The number of phenolic OH excluding ortho intramolecular Hbond substituents is 1. The van der Waals surface area contributed by atoms with Crippen LogP contribution in [0.3, 0.4) is 0 Å². The summed E-state index contributed by atoms with van der Waals surface area (Å²) in [5.41, 5.74) is 0.679. The number of phenols is 1. The predicted molar refractivity (Wildman–Crippen MR) is 57.2 cm³/mol. The van der Waals surface area contributed by atoms with Gasteiger partial charge < -0.3 is 10.2 Å². The third-order valence-electron chi connectivity index (χ3n) is 1.88. The lowest BCUT2D eigenvalue weighted by molar-refractivity contribution is -0.138. The SMILES string of the molecule is O=C(O)C(Cc1ccc(O)c(Cl)c1)NCl. The standard InChI is InChI=1S/C9H9Cl2NO3/c10-6-3-5(1-2-8(6)13)4-7(12-11)9(14)15/h1-3,7,12-13H,4H2,(H,14,15). The molecule has 15 heavy (non-hydrogen) atoms. The first-order valence-electron chi connectivity index (χ1n) is 4.11. The molecule has 0 fully saturated rings. The van der Waals surface area contributed by atoms with Crippen molar-refractivity contribution >= 4 is 29.3 Å². The monoisotopic (exact) mass is 249 g/mol. The summed E-state index contributed by atoms with van der Waals surface area (Å²) in [5.74, 6) is -1.08. The molecule has 0 heterocycles. The van der Waals surface area contributed by atoms with Crippen LogP contribution in [0.25, 0.3) is 0 Å². The molecule has 1 aromatic carbocycles. The fraction of sp³-hybridized carbons (Fsp3) is 0.222. The number of hydrogen-bond donors (Lipinski definition) is 3. The maximum Gasteiger partial charge on any atom is 0.322 e. The molecule has 6 heteroatoms. The van der Waals surface area contributed by atoms with Crippen LogP contribution in [0.1, 0.15) is 5.56 Å². The van der Waals surface area contributed by atoms with Gasteiger partial charge in [0.1, 0.15) is 11.8 Å². The molecule has 1 aromatic rings. The minimum atomic E-state index is -1.05. The van der Waals surface area contributed by atoms with E-state index in [9.17, 15) is 4.79 Å². The highest BCUT2D eigenvalue weighted by molar-refractivity contribution is 6.32. The topological polar surface area (TPSA) is 69.6 Å². The van der Waals surface area contributed by atoms with Crippen molar-refractivity contribution in [2.24, 2.45) is 0 Å². The van der Waals surface area contributed by atoms with E-state index < -0.39 is 12.0 Å². The van der Waals surface area contributed by atoms with E-state index in [0.29, 0.717) is 5.56 Å². The summed E-state index contributed by atoms with van der Waals surface area (Å²) in [6.45, 7) is 0. The largest absolute Gasteiger partial charge is 0.506 e. The van der Waals surface area contributed by atoms with Crippen LogP contribution in [0.15, 0.2) is 18.2 Å². The summed E-state index contributed by atoms with van der Waals surface area (Å²) in [5, 5.41) is 18.1. The van der Waals surface area contributed by atoms with Gasteiger partial charge in [0.2, 0.25) is 0 Å². The molecule has 82 valence electrons. The molecule has 0 spiro atoms. The van der Waals surface area contributed by atoms with Crippen molar-refractivity contribution in [3.8, 4) is 5.75 Å². The van der Waals surface area contributed by atoms with E-state index in [1.807, 2.05) is 0 Å². The molecular weight excluding hydrogens is 241 g/mol. The zero-order chi connectivity index (χ0) is 11.4. The van der Waals surface area contributed by atoms with Crippen molar-refractivity contribution in [3.63, 3.8) is 0 Å². The molecule has 0 radical (unpaired) electrons. The molecule has 0 saturated heterocycles. The zero-order valence-electron chi connectivity index (χ0n) is 7.58. The fourth-order valence-corrected chi connectivity index (χ4v) is 1.46. The number of carboxylic acid groups (broad SMARTS) is 1. The van der Waals surface area contributed by atoms with E-state index in [1.54, 1.807) is 6.07 Å². The van der Waals surface area contributed by atoms with Crippen LogP contribution >= 0.6 is 23.4 Å². The Kier molecular flexibility index (Phi) is 4.20. The maximum atomic E-state index is 10.7. The molecule has 0 aromatic heterocycles. The number of carbonyl (C=O) groups is 1. The van der Waals surface area contributed by atoms with E-state index in [0.717, 1.165) is 0 Å². The Hall–Kier alpha value is -0.970. The first-order chi connectivity index (χ1) is 7.04. The second kappa shape index (κ2) is 5.21. The smallest absolute Gasteiger partial charge is 0.322 e. The number of carboxylic acids is 1. The highest BCUT2D eigenvalue weighted by atomic mass is 35.5. The van der Waals surface area contributed by atoms with Gasteiger partial charge in [0.25, 0.3) is 0 Å². The normalized spacial score (nSPS) is 12.4. The molecule has 4 nitrogen and oxygen atoms in total. The summed E-state index contributed by atoms with van der Waals surface area (Å²) >= 11 is 10.9. The maximum absolute atomic E-state index is 10.7. The van der Waals surface area contributed by atoms with Crippen molar-refractivity contribution in [1.29, 1.82) is 0 Å². The first-order valence-corrected chi connectivity index (χ1v) is 4.86. The fourth-order valence-electron chi connectivity index (χ4n) is 1.09. The molecule has 0 bridgehead atoms. The Morgan fingerprint density at radius 2 is 2.20 bits per heavy atom. The van der Waals surface area contributed by atoms with Gasteiger partial charge in [-0.1, -0.05) is 17.7 Å². The van der Waals surface area contributed by atoms with Crippen LogP contribution in [0.4, 0.5) is 0 Å². The predicted octanol–water partition coefficient (Wildman–Crippen LogP) is 1.78. The van der Waals surface area contributed by atoms with Gasteiger partial charge in [-0.3, -0.25) is 4.79 Å². The van der Waals surface area contributed by atoms with Gasteiger partial charge in [0.05, 0.1) is 5.02 Å².